The molecule has 1 aromatic carbocycles. The minimum Gasteiger partial charge on any atom is -0.490 e. The van der Waals surface area contributed by atoms with Gasteiger partial charge in [-0.25, -0.2) is 0 Å². The van der Waals surface area contributed by atoms with Gasteiger partial charge in [0.05, 0.1) is 12.1 Å². The lowest BCUT2D eigenvalue weighted by atomic mass is 9.88. The van der Waals surface area contributed by atoms with Crippen LogP contribution in [0.15, 0.2) is 42.7 Å². The molecule has 3 N–H and O–H groups in total. The Morgan fingerprint density at radius 1 is 1.26 bits per heavy atom. The first-order chi connectivity index (χ1) is 12.9. The summed E-state index contributed by atoms with van der Waals surface area (Å²) in [6.45, 7) is 9.12. The van der Waals surface area contributed by atoms with Crippen LogP contribution in [0.2, 0.25) is 0 Å². The van der Waals surface area contributed by atoms with Gasteiger partial charge < -0.3 is 20.5 Å². The number of ether oxygens (including phenoxy) is 2. The van der Waals surface area contributed by atoms with Crippen molar-refractivity contribution in [3.05, 3.63) is 53.9 Å². The number of nitrogens with zero attached hydrogens (tertiary/aromatic N) is 1. The van der Waals surface area contributed by atoms with Gasteiger partial charge in [0.1, 0.15) is 6.61 Å². The van der Waals surface area contributed by atoms with E-state index in [4.69, 9.17) is 15.2 Å². The number of hydrogen-bond donors (Lipinski definition) is 2. The first-order valence-electron chi connectivity index (χ1n) is 9.20. The number of carbonyl (C=O) groups is 1. The van der Waals surface area contributed by atoms with Crippen molar-refractivity contribution in [1.29, 1.82) is 0 Å². The largest absolute Gasteiger partial charge is 0.490 e. The fourth-order valence-electron chi connectivity index (χ4n) is 2.44. The summed E-state index contributed by atoms with van der Waals surface area (Å²) in [5.41, 5.74) is 6.86. The molecule has 6 nitrogen and oxygen atoms in total. The van der Waals surface area contributed by atoms with Gasteiger partial charge in [-0.05, 0) is 44.0 Å². The van der Waals surface area contributed by atoms with E-state index in [1.54, 1.807) is 30.6 Å². The second kappa shape index (κ2) is 9.37. The molecule has 0 saturated carbocycles. The number of nitrogens with one attached hydrogen (secondary N) is 1. The second-order valence-corrected chi connectivity index (χ2v) is 6.97. The fourth-order valence-corrected chi connectivity index (χ4v) is 2.44. The number of nitrogens with two attached hydrogens (primary N) is 1. The molecule has 0 aliphatic heterocycles. The summed E-state index contributed by atoms with van der Waals surface area (Å²) >= 11 is 0. The van der Waals surface area contributed by atoms with Gasteiger partial charge >= 0.3 is 0 Å². The van der Waals surface area contributed by atoms with E-state index >= 15 is 0 Å². The maximum absolute atomic E-state index is 12.7. The highest BCUT2D eigenvalue weighted by Crippen LogP contribution is 2.29. The minimum absolute atomic E-state index is 0.184. The van der Waals surface area contributed by atoms with Gasteiger partial charge in [0.25, 0.3) is 5.91 Å². The molecule has 0 aliphatic rings. The van der Waals surface area contributed by atoms with Crippen LogP contribution in [0.25, 0.3) is 0 Å². The van der Waals surface area contributed by atoms with Crippen molar-refractivity contribution in [2.75, 3.05) is 13.2 Å². The Hall–Kier alpha value is -2.60. The number of aromatic nitrogens is 1. The summed E-state index contributed by atoms with van der Waals surface area (Å²) in [4.78, 5) is 16.8. The molecule has 0 spiro atoms. The summed E-state index contributed by atoms with van der Waals surface area (Å²) in [7, 11) is 0. The van der Waals surface area contributed by atoms with Crippen molar-refractivity contribution in [2.45, 2.75) is 39.8 Å². The normalized spacial score (nSPS) is 13.1. The van der Waals surface area contributed by atoms with E-state index < -0.39 is 5.54 Å². The molecule has 1 amide bonds. The summed E-state index contributed by atoms with van der Waals surface area (Å²) in [5, 5.41) is 3.04. The molecule has 1 aromatic heterocycles. The van der Waals surface area contributed by atoms with Crippen molar-refractivity contribution < 1.29 is 14.3 Å². The summed E-state index contributed by atoms with van der Waals surface area (Å²) in [6.07, 6.45) is 3.47. The van der Waals surface area contributed by atoms with E-state index in [1.807, 2.05) is 39.8 Å². The number of hydrogen-bond acceptors (Lipinski definition) is 5. The number of pyridine rings is 1. The van der Waals surface area contributed by atoms with Gasteiger partial charge in [-0.2, -0.15) is 0 Å². The average Bonchev–Trinajstić information content (AvgIpc) is 2.67. The number of carbonyl (C=O) groups excluding carboxylic acids is 1. The Morgan fingerprint density at radius 2 is 2.04 bits per heavy atom. The summed E-state index contributed by atoms with van der Waals surface area (Å²) < 4.78 is 11.5. The Morgan fingerprint density at radius 3 is 2.63 bits per heavy atom. The van der Waals surface area contributed by atoms with Crippen molar-refractivity contribution in [1.82, 2.24) is 10.3 Å². The van der Waals surface area contributed by atoms with Crippen molar-refractivity contribution in [3.63, 3.8) is 0 Å². The van der Waals surface area contributed by atoms with Crippen LogP contribution in [0.3, 0.4) is 0 Å². The monoisotopic (exact) mass is 371 g/mol. The third kappa shape index (κ3) is 5.44. The van der Waals surface area contributed by atoms with E-state index in [-0.39, 0.29) is 11.8 Å². The molecule has 2 rings (SSSR count). The smallest absolute Gasteiger partial charge is 0.251 e. The standard InChI is InChI=1S/C21H29N3O3/c1-5-26-19-11-17(20(25)24-21(4,14-22)15(2)3)8-9-18(19)27-13-16-7-6-10-23-12-16/h6-12,15H,5,13-14,22H2,1-4H3,(H,24,25). The molecule has 2 aromatic rings. The van der Waals surface area contributed by atoms with Crippen molar-refractivity contribution in [3.8, 4) is 11.5 Å². The molecule has 1 unspecified atom stereocenters. The zero-order valence-electron chi connectivity index (χ0n) is 16.5. The summed E-state index contributed by atoms with van der Waals surface area (Å²) in [5.74, 6) is 1.15. The van der Waals surface area contributed by atoms with Crippen LogP contribution in [0.1, 0.15) is 43.6 Å². The van der Waals surface area contributed by atoms with Gasteiger partial charge in [0, 0.05) is 30.1 Å². The predicted molar refractivity (Wildman–Crippen MR) is 106 cm³/mol. The van der Waals surface area contributed by atoms with E-state index in [1.165, 1.54) is 0 Å². The predicted octanol–water partition coefficient (Wildman–Crippen LogP) is 3.16. The fraction of sp³-hybridized carbons (Fsp3) is 0.429. The lowest BCUT2D eigenvalue weighted by Crippen LogP contribution is -2.55. The highest BCUT2D eigenvalue weighted by atomic mass is 16.5. The molecule has 1 heterocycles. The van der Waals surface area contributed by atoms with Crippen molar-refractivity contribution >= 4 is 5.91 Å². The Balaban J connectivity index is 2.17. The minimum atomic E-state index is -0.474. The Bertz CT molecular complexity index is 750. The van der Waals surface area contributed by atoms with E-state index in [9.17, 15) is 4.79 Å². The van der Waals surface area contributed by atoms with E-state index in [0.29, 0.717) is 36.8 Å². The lowest BCUT2D eigenvalue weighted by molar-refractivity contribution is 0.0882. The SMILES string of the molecule is CCOc1cc(C(=O)NC(C)(CN)C(C)C)ccc1OCc1cccnc1. The van der Waals surface area contributed by atoms with E-state index in [2.05, 4.69) is 10.3 Å². The molecule has 146 valence electrons. The van der Waals surface area contributed by atoms with Gasteiger partial charge in [-0.1, -0.05) is 19.9 Å². The molecule has 0 bridgehead atoms. The van der Waals surface area contributed by atoms with Crippen LogP contribution >= 0.6 is 0 Å². The highest BCUT2D eigenvalue weighted by Gasteiger charge is 2.29. The zero-order valence-corrected chi connectivity index (χ0v) is 16.5. The van der Waals surface area contributed by atoms with Gasteiger partial charge in [-0.3, -0.25) is 9.78 Å². The van der Waals surface area contributed by atoms with E-state index in [0.717, 1.165) is 5.56 Å². The van der Waals surface area contributed by atoms with Crippen LogP contribution in [0.5, 0.6) is 11.5 Å². The van der Waals surface area contributed by atoms with Gasteiger partial charge in [0.15, 0.2) is 11.5 Å². The third-order valence-corrected chi connectivity index (χ3v) is 4.72. The Kier molecular flexibility index (Phi) is 7.19. The van der Waals surface area contributed by atoms with Crippen molar-refractivity contribution in [2.24, 2.45) is 11.7 Å². The molecule has 27 heavy (non-hydrogen) atoms. The quantitative estimate of drug-likeness (QED) is 0.707. The average molecular weight is 371 g/mol. The summed E-state index contributed by atoms with van der Waals surface area (Å²) in [6, 6.07) is 8.99. The molecule has 0 aliphatic carbocycles. The molecule has 6 heteroatoms. The molecule has 1 atom stereocenters. The second-order valence-electron chi connectivity index (χ2n) is 6.97. The van der Waals surface area contributed by atoms with Gasteiger partial charge in [0.2, 0.25) is 0 Å². The number of amides is 1. The van der Waals surface area contributed by atoms with Gasteiger partial charge in [-0.15, -0.1) is 0 Å². The van der Waals surface area contributed by atoms with Crippen LogP contribution in [-0.2, 0) is 6.61 Å². The Labute approximate surface area is 161 Å². The topological polar surface area (TPSA) is 86.5 Å². The molecular weight excluding hydrogens is 342 g/mol. The maximum atomic E-state index is 12.7. The zero-order chi connectivity index (χ0) is 19.9. The maximum Gasteiger partial charge on any atom is 0.251 e. The third-order valence-electron chi connectivity index (χ3n) is 4.72. The first-order valence-corrected chi connectivity index (χ1v) is 9.20. The molecular formula is C21H29N3O3. The molecule has 0 saturated heterocycles. The first kappa shape index (κ1) is 20.7. The molecule has 0 fully saturated rings. The highest BCUT2D eigenvalue weighted by molar-refractivity contribution is 5.95. The number of benzene rings is 1. The van der Waals surface area contributed by atoms with Crippen LogP contribution in [0.4, 0.5) is 0 Å². The number of rotatable bonds is 9. The molecule has 0 radical (unpaired) electrons. The van der Waals surface area contributed by atoms with Crippen LogP contribution < -0.4 is 20.5 Å². The lowest BCUT2D eigenvalue weighted by Gasteiger charge is -2.33. The van der Waals surface area contributed by atoms with Crippen LogP contribution in [-0.4, -0.2) is 29.6 Å². The van der Waals surface area contributed by atoms with Crippen LogP contribution in [0, 0.1) is 5.92 Å².